The Morgan fingerprint density at radius 1 is 1.09 bits per heavy atom. The van der Waals surface area contributed by atoms with Gasteiger partial charge in [0.1, 0.15) is 0 Å². The second-order valence-electron chi connectivity index (χ2n) is 12.0. The van der Waals surface area contributed by atoms with Crippen molar-refractivity contribution in [2.24, 2.45) is 5.92 Å². The second-order valence-corrected chi connectivity index (χ2v) is 21.6. The van der Waals surface area contributed by atoms with Gasteiger partial charge in [-0.25, -0.2) is 4.79 Å². The van der Waals surface area contributed by atoms with Crippen LogP contribution in [0.15, 0.2) is 21.9 Å². The molecule has 0 radical (unpaired) electrons. The summed E-state index contributed by atoms with van der Waals surface area (Å²) in [7, 11) is -4.33. The molecule has 1 aliphatic heterocycles. The Hall–Kier alpha value is -1.52. The summed E-state index contributed by atoms with van der Waals surface area (Å²) in [5, 5.41) is 9.59. The Bertz CT molecular complexity index is 982. The molecule has 0 aromatic carbocycles. The van der Waals surface area contributed by atoms with E-state index in [4.69, 9.17) is 13.6 Å². The minimum atomic E-state index is -2.27. The first-order chi connectivity index (χ1) is 14.9. The fourth-order valence-corrected chi connectivity index (χ4v) is 5.66. The van der Waals surface area contributed by atoms with Gasteiger partial charge in [0.25, 0.3) is 5.56 Å². The summed E-state index contributed by atoms with van der Waals surface area (Å²) in [6.07, 6.45) is -0.0114. The topological polar surface area (TPSA) is 106 Å². The minimum absolute atomic E-state index is 0.0304. The lowest BCUT2D eigenvalue weighted by Crippen LogP contribution is -2.48. The Kier molecular flexibility index (Phi) is 8.08. The van der Waals surface area contributed by atoms with Crippen LogP contribution in [0.2, 0.25) is 36.3 Å². The lowest BCUT2D eigenvalue weighted by atomic mass is 9.95. The molecule has 10 heteroatoms. The summed E-state index contributed by atoms with van der Waals surface area (Å²) >= 11 is 0. The van der Waals surface area contributed by atoms with Crippen molar-refractivity contribution in [2.75, 3.05) is 6.61 Å². The summed E-state index contributed by atoms with van der Waals surface area (Å²) in [4.78, 5) is 26.6. The van der Waals surface area contributed by atoms with Crippen LogP contribution < -0.4 is 11.2 Å². The maximum atomic E-state index is 12.6. The Balaban J connectivity index is 2.48. The Labute approximate surface area is 199 Å². The largest absolute Gasteiger partial charge is 0.414 e. The molecule has 0 unspecified atom stereocenters. The summed E-state index contributed by atoms with van der Waals surface area (Å²) in [5.41, 5.74) is -1.03. The van der Waals surface area contributed by atoms with E-state index in [0.717, 1.165) is 0 Å². The highest BCUT2D eigenvalue weighted by Gasteiger charge is 2.51. The summed E-state index contributed by atoms with van der Waals surface area (Å²) in [6.45, 7) is 21.9. The number of rotatable bonds is 7. The van der Waals surface area contributed by atoms with Crippen molar-refractivity contribution in [3.8, 4) is 6.07 Å². The third-order valence-corrected chi connectivity index (χ3v) is 16.6. The first kappa shape index (κ1) is 27.7. The third kappa shape index (κ3) is 6.14. The number of nitriles is 1. The molecule has 8 nitrogen and oxygen atoms in total. The normalized spacial score (nSPS) is 24.6. The minimum Gasteiger partial charge on any atom is -0.414 e. The van der Waals surface area contributed by atoms with Crippen molar-refractivity contribution in [1.82, 2.24) is 9.55 Å². The van der Waals surface area contributed by atoms with Gasteiger partial charge in [-0.05, 0) is 36.3 Å². The van der Waals surface area contributed by atoms with Crippen LogP contribution in [-0.2, 0) is 13.6 Å². The Morgan fingerprint density at radius 3 is 2.15 bits per heavy atom. The van der Waals surface area contributed by atoms with Crippen LogP contribution in [0.4, 0.5) is 0 Å². The maximum Gasteiger partial charge on any atom is 0.330 e. The zero-order chi connectivity index (χ0) is 25.4. The SMILES string of the molecule is CC(C)(C)[Si](C)(C)OC[C@H]1O[C@@H](n2ccc(=O)[nH]c2=O)[C@H](O[Si](C)(C)C(C)(C)C)[C@H]1CC#N. The van der Waals surface area contributed by atoms with Gasteiger partial charge in [-0.3, -0.25) is 14.3 Å². The molecule has 1 N–H and O–H groups in total. The standard InChI is InChI=1S/C23H41N3O5Si2/c1-22(2,3)32(7,8)29-15-17-16(11-13-24)19(31-33(9,10)23(4,5)6)20(30-17)26-14-12-18(27)25-21(26)28/h12,14,16-17,19-20H,11,15H2,1-10H3,(H,25,27,28)/t16-,17+,19+,20+/m0/s1. The number of hydrogen-bond donors (Lipinski definition) is 1. The number of aromatic nitrogens is 2. The average molecular weight is 496 g/mol. The highest BCUT2D eigenvalue weighted by atomic mass is 28.4. The van der Waals surface area contributed by atoms with Crippen molar-refractivity contribution < 1.29 is 13.6 Å². The van der Waals surface area contributed by atoms with Gasteiger partial charge in [-0.2, -0.15) is 5.26 Å². The predicted molar refractivity (Wildman–Crippen MR) is 134 cm³/mol. The molecule has 1 aromatic heterocycles. The van der Waals surface area contributed by atoms with Crippen LogP contribution in [0, 0.1) is 17.2 Å². The summed E-state index contributed by atoms with van der Waals surface area (Å²) in [5.74, 6) is -0.266. The van der Waals surface area contributed by atoms with Gasteiger partial charge in [0, 0.05) is 24.6 Å². The monoisotopic (exact) mass is 495 g/mol. The zero-order valence-electron chi connectivity index (χ0n) is 21.8. The quantitative estimate of drug-likeness (QED) is 0.563. The van der Waals surface area contributed by atoms with Crippen molar-refractivity contribution >= 4 is 16.6 Å². The molecule has 0 aliphatic carbocycles. The van der Waals surface area contributed by atoms with Crippen molar-refractivity contribution in [3.05, 3.63) is 33.1 Å². The van der Waals surface area contributed by atoms with Crippen LogP contribution in [0.1, 0.15) is 54.2 Å². The molecule has 1 saturated heterocycles. The lowest BCUT2D eigenvalue weighted by molar-refractivity contribution is -0.0494. The molecule has 186 valence electrons. The fraction of sp³-hybridized carbons (Fsp3) is 0.783. The van der Waals surface area contributed by atoms with Gasteiger partial charge in [0.05, 0.1) is 24.9 Å². The first-order valence-corrected chi connectivity index (χ1v) is 17.4. The van der Waals surface area contributed by atoms with Crippen molar-refractivity contribution in [1.29, 1.82) is 5.26 Å². The number of nitrogens with zero attached hydrogens (tertiary/aromatic N) is 2. The van der Waals surface area contributed by atoms with Gasteiger partial charge < -0.3 is 13.6 Å². The van der Waals surface area contributed by atoms with Crippen LogP contribution in [0.25, 0.3) is 0 Å². The Morgan fingerprint density at radius 2 is 1.67 bits per heavy atom. The summed E-state index contributed by atoms with van der Waals surface area (Å²) in [6, 6.07) is 3.58. The molecule has 4 atom stereocenters. The fourth-order valence-electron chi connectivity index (χ4n) is 3.32. The van der Waals surface area contributed by atoms with Crippen LogP contribution in [0.3, 0.4) is 0 Å². The molecule has 1 fully saturated rings. The van der Waals surface area contributed by atoms with E-state index in [1.807, 2.05) is 0 Å². The van der Waals surface area contributed by atoms with Gasteiger partial charge >= 0.3 is 5.69 Å². The van der Waals surface area contributed by atoms with Gasteiger partial charge in [0.2, 0.25) is 0 Å². The molecular formula is C23H41N3O5Si2. The molecule has 2 heterocycles. The summed E-state index contributed by atoms with van der Waals surface area (Å²) < 4.78 is 21.0. The number of aromatic amines is 1. The molecule has 0 bridgehead atoms. The number of nitrogens with one attached hydrogen (secondary N) is 1. The van der Waals surface area contributed by atoms with Gasteiger partial charge in [-0.15, -0.1) is 0 Å². The molecule has 33 heavy (non-hydrogen) atoms. The van der Waals surface area contributed by atoms with Crippen molar-refractivity contribution in [3.63, 3.8) is 0 Å². The molecule has 1 aromatic rings. The van der Waals surface area contributed by atoms with Gasteiger partial charge in [-0.1, -0.05) is 41.5 Å². The molecule has 0 saturated carbocycles. The zero-order valence-corrected chi connectivity index (χ0v) is 23.8. The molecular weight excluding hydrogens is 454 g/mol. The van der Waals surface area contributed by atoms with E-state index in [1.54, 1.807) is 0 Å². The molecule has 1 aliphatic rings. The van der Waals surface area contributed by atoms with Gasteiger partial charge in [0.15, 0.2) is 22.9 Å². The average Bonchev–Trinajstić information content (AvgIpc) is 2.95. The van der Waals surface area contributed by atoms with E-state index in [0.29, 0.717) is 6.61 Å². The van der Waals surface area contributed by atoms with E-state index in [9.17, 15) is 14.9 Å². The van der Waals surface area contributed by atoms with Crippen molar-refractivity contribution in [2.45, 2.75) is 103 Å². The van der Waals surface area contributed by atoms with E-state index in [-0.39, 0.29) is 22.4 Å². The first-order valence-electron chi connectivity index (χ1n) is 11.6. The number of H-pyrrole nitrogens is 1. The smallest absolute Gasteiger partial charge is 0.330 e. The molecule has 0 amide bonds. The van der Waals surface area contributed by atoms with E-state index >= 15 is 0 Å². The van der Waals surface area contributed by atoms with E-state index < -0.39 is 46.3 Å². The highest BCUT2D eigenvalue weighted by molar-refractivity contribution is 6.74. The molecule has 0 spiro atoms. The second kappa shape index (κ2) is 9.62. The maximum absolute atomic E-state index is 12.6. The van der Waals surface area contributed by atoms with E-state index in [1.165, 1.54) is 16.8 Å². The van der Waals surface area contributed by atoms with E-state index in [2.05, 4.69) is 78.8 Å². The van der Waals surface area contributed by atoms with Crippen LogP contribution in [-0.4, -0.2) is 45.0 Å². The lowest BCUT2D eigenvalue weighted by Gasteiger charge is -2.40. The number of ether oxygens (including phenoxy) is 1. The predicted octanol–water partition coefficient (Wildman–Crippen LogP) is 4.38. The van der Waals surface area contributed by atoms with Crippen LogP contribution in [0.5, 0.6) is 0 Å². The number of hydrogen-bond acceptors (Lipinski definition) is 6. The molecule has 2 rings (SSSR count). The van der Waals surface area contributed by atoms with Crippen LogP contribution >= 0.6 is 0 Å². The highest BCUT2D eigenvalue weighted by Crippen LogP contribution is 2.45. The third-order valence-electron chi connectivity index (χ3n) is 7.60.